The topological polar surface area (TPSA) is 17.1 Å². The van der Waals surface area contributed by atoms with E-state index in [9.17, 15) is 4.79 Å². The molecule has 0 aliphatic carbocycles. The summed E-state index contributed by atoms with van der Waals surface area (Å²) in [6.45, 7) is 6.27. The van der Waals surface area contributed by atoms with Gasteiger partial charge in [0.25, 0.3) is 0 Å². The number of carbonyl (C=O) groups is 1. The van der Waals surface area contributed by atoms with Crippen LogP contribution in [0.25, 0.3) is 0 Å². The molecule has 110 valence electrons. The number of thioether (sulfide) groups is 1. The fraction of sp³-hybridized carbons (Fsp3) is 0.500. The van der Waals surface area contributed by atoms with Crippen molar-refractivity contribution in [2.75, 3.05) is 0 Å². The fourth-order valence-corrected chi connectivity index (χ4v) is 2.66. The van der Waals surface area contributed by atoms with Crippen molar-refractivity contribution in [1.82, 2.24) is 0 Å². The standard InChI is InChI=1S/C18H26OS/c1-4-5-13-17(19)18(2,3)14-9-10-15-20-16-11-7-6-8-12-16/h6-8,10-12,15H,4-5,9,13-14H2,1-3H3/b15-10+. The van der Waals surface area contributed by atoms with Gasteiger partial charge in [-0.25, -0.2) is 0 Å². The monoisotopic (exact) mass is 290 g/mol. The SMILES string of the molecule is CCCCC(=O)C(C)(C)CC/C=C/Sc1ccccc1. The van der Waals surface area contributed by atoms with Crippen LogP contribution in [0.15, 0.2) is 46.7 Å². The van der Waals surface area contributed by atoms with Gasteiger partial charge >= 0.3 is 0 Å². The van der Waals surface area contributed by atoms with E-state index < -0.39 is 0 Å². The highest BCUT2D eigenvalue weighted by Gasteiger charge is 2.25. The molecule has 0 aliphatic heterocycles. The number of hydrogen-bond donors (Lipinski definition) is 0. The molecule has 1 aromatic carbocycles. The van der Waals surface area contributed by atoms with E-state index >= 15 is 0 Å². The average molecular weight is 290 g/mol. The average Bonchev–Trinajstić information content (AvgIpc) is 2.45. The zero-order valence-electron chi connectivity index (χ0n) is 12.9. The molecule has 0 N–H and O–H groups in total. The van der Waals surface area contributed by atoms with Crippen LogP contribution >= 0.6 is 11.8 Å². The molecule has 0 saturated carbocycles. The van der Waals surface area contributed by atoms with Crippen molar-refractivity contribution in [1.29, 1.82) is 0 Å². The highest BCUT2D eigenvalue weighted by Crippen LogP contribution is 2.27. The van der Waals surface area contributed by atoms with Crippen molar-refractivity contribution in [3.63, 3.8) is 0 Å². The summed E-state index contributed by atoms with van der Waals surface area (Å²) in [6, 6.07) is 10.3. The first kappa shape index (κ1) is 17.0. The Bertz CT molecular complexity index is 420. The second kappa shape index (κ2) is 9.02. The van der Waals surface area contributed by atoms with Gasteiger partial charge in [0.1, 0.15) is 5.78 Å². The van der Waals surface area contributed by atoms with Crippen LogP contribution in [0.3, 0.4) is 0 Å². The Hall–Kier alpha value is -1.02. The van der Waals surface area contributed by atoms with Gasteiger partial charge in [-0.1, -0.05) is 63.2 Å². The van der Waals surface area contributed by atoms with E-state index in [0.717, 1.165) is 32.1 Å². The normalized spacial score (nSPS) is 11.9. The lowest BCUT2D eigenvalue weighted by molar-refractivity contribution is -0.127. The third-order valence-electron chi connectivity index (χ3n) is 3.49. The van der Waals surface area contributed by atoms with E-state index in [-0.39, 0.29) is 5.41 Å². The molecule has 0 fully saturated rings. The molecule has 0 spiro atoms. The Morgan fingerprint density at radius 1 is 1.25 bits per heavy atom. The first-order valence-corrected chi connectivity index (χ1v) is 8.34. The summed E-state index contributed by atoms with van der Waals surface area (Å²) in [7, 11) is 0. The molecule has 0 bridgehead atoms. The van der Waals surface area contributed by atoms with E-state index in [0.29, 0.717) is 5.78 Å². The Morgan fingerprint density at radius 2 is 1.95 bits per heavy atom. The second-order valence-corrected chi connectivity index (χ2v) is 6.73. The fourth-order valence-electron chi connectivity index (χ4n) is 1.95. The number of rotatable bonds is 9. The quantitative estimate of drug-likeness (QED) is 0.530. The van der Waals surface area contributed by atoms with Gasteiger partial charge in [-0.15, -0.1) is 0 Å². The van der Waals surface area contributed by atoms with Crippen LogP contribution in [0.4, 0.5) is 0 Å². The number of hydrogen-bond acceptors (Lipinski definition) is 2. The Balaban J connectivity index is 2.30. The van der Waals surface area contributed by atoms with Crippen LogP contribution in [-0.4, -0.2) is 5.78 Å². The molecule has 1 rings (SSSR count). The number of unbranched alkanes of at least 4 members (excludes halogenated alkanes) is 1. The van der Waals surface area contributed by atoms with Gasteiger partial charge in [0.2, 0.25) is 0 Å². The third-order valence-corrected chi connectivity index (χ3v) is 4.36. The maximum Gasteiger partial charge on any atom is 0.138 e. The van der Waals surface area contributed by atoms with Crippen LogP contribution in [0.1, 0.15) is 52.9 Å². The number of Topliss-reactive ketones (excluding diaryl/α,β-unsaturated/α-hetero) is 1. The first-order valence-electron chi connectivity index (χ1n) is 7.46. The predicted octanol–water partition coefficient (Wildman–Crippen LogP) is 5.86. The summed E-state index contributed by atoms with van der Waals surface area (Å²) in [5, 5.41) is 2.13. The number of ketones is 1. The molecule has 0 atom stereocenters. The number of carbonyl (C=O) groups excluding carboxylic acids is 1. The van der Waals surface area contributed by atoms with Gasteiger partial charge in [0, 0.05) is 16.7 Å². The van der Waals surface area contributed by atoms with Gasteiger partial charge in [-0.05, 0) is 36.8 Å². The van der Waals surface area contributed by atoms with Crippen molar-refractivity contribution in [3.05, 3.63) is 41.8 Å². The van der Waals surface area contributed by atoms with E-state index in [1.54, 1.807) is 11.8 Å². The Morgan fingerprint density at radius 3 is 2.60 bits per heavy atom. The minimum absolute atomic E-state index is 0.184. The second-order valence-electron chi connectivity index (χ2n) is 5.75. The van der Waals surface area contributed by atoms with Crippen molar-refractivity contribution >= 4 is 17.5 Å². The summed E-state index contributed by atoms with van der Waals surface area (Å²) in [4.78, 5) is 13.3. The lowest BCUT2D eigenvalue weighted by atomic mass is 9.81. The molecule has 2 heteroatoms. The zero-order chi connectivity index (χ0) is 14.8. The third kappa shape index (κ3) is 6.42. The van der Waals surface area contributed by atoms with Crippen LogP contribution in [0.2, 0.25) is 0 Å². The van der Waals surface area contributed by atoms with E-state index in [2.05, 4.69) is 44.4 Å². The smallest absolute Gasteiger partial charge is 0.138 e. The summed E-state index contributed by atoms with van der Waals surface area (Å²) < 4.78 is 0. The summed E-state index contributed by atoms with van der Waals surface area (Å²) >= 11 is 1.73. The van der Waals surface area contributed by atoms with E-state index in [4.69, 9.17) is 0 Å². The molecule has 0 radical (unpaired) electrons. The summed E-state index contributed by atoms with van der Waals surface area (Å²) in [5.41, 5.74) is -0.184. The molecule has 0 aromatic heterocycles. The van der Waals surface area contributed by atoms with E-state index in [1.807, 2.05) is 18.2 Å². The van der Waals surface area contributed by atoms with Crippen molar-refractivity contribution in [2.45, 2.75) is 57.8 Å². The number of allylic oxidation sites excluding steroid dienone is 1. The maximum atomic E-state index is 12.1. The molecule has 0 saturated heterocycles. The molecular weight excluding hydrogens is 264 g/mol. The highest BCUT2D eigenvalue weighted by atomic mass is 32.2. The van der Waals surface area contributed by atoms with Crippen molar-refractivity contribution in [3.8, 4) is 0 Å². The Kier molecular flexibility index (Phi) is 7.68. The van der Waals surface area contributed by atoms with Crippen LogP contribution < -0.4 is 0 Å². The molecular formula is C18H26OS. The Labute approximate surface area is 127 Å². The summed E-state index contributed by atoms with van der Waals surface area (Å²) in [6.07, 6.45) is 6.90. The zero-order valence-corrected chi connectivity index (χ0v) is 13.7. The van der Waals surface area contributed by atoms with Crippen LogP contribution in [0, 0.1) is 5.41 Å². The van der Waals surface area contributed by atoms with E-state index in [1.165, 1.54) is 4.90 Å². The number of benzene rings is 1. The molecule has 0 heterocycles. The summed E-state index contributed by atoms with van der Waals surface area (Å²) in [5.74, 6) is 0.406. The van der Waals surface area contributed by atoms with Gasteiger partial charge in [-0.3, -0.25) is 4.79 Å². The van der Waals surface area contributed by atoms with Gasteiger partial charge < -0.3 is 0 Å². The largest absolute Gasteiger partial charge is 0.299 e. The molecule has 0 aliphatic rings. The van der Waals surface area contributed by atoms with Gasteiger partial charge in [-0.2, -0.15) is 0 Å². The molecule has 20 heavy (non-hydrogen) atoms. The minimum atomic E-state index is -0.184. The predicted molar refractivity (Wildman–Crippen MR) is 89.0 cm³/mol. The molecule has 1 aromatic rings. The maximum absolute atomic E-state index is 12.1. The van der Waals surface area contributed by atoms with Crippen LogP contribution in [0.5, 0.6) is 0 Å². The lowest BCUT2D eigenvalue weighted by Gasteiger charge is -2.22. The van der Waals surface area contributed by atoms with Crippen molar-refractivity contribution < 1.29 is 4.79 Å². The van der Waals surface area contributed by atoms with Gasteiger partial charge in [0.15, 0.2) is 0 Å². The van der Waals surface area contributed by atoms with Crippen molar-refractivity contribution in [2.24, 2.45) is 5.41 Å². The van der Waals surface area contributed by atoms with Gasteiger partial charge in [0.05, 0.1) is 0 Å². The molecule has 1 nitrogen and oxygen atoms in total. The molecule has 0 amide bonds. The first-order chi connectivity index (χ1) is 9.56. The minimum Gasteiger partial charge on any atom is -0.299 e. The van der Waals surface area contributed by atoms with Crippen LogP contribution in [-0.2, 0) is 4.79 Å². The lowest BCUT2D eigenvalue weighted by Crippen LogP contribution is -2.23. The highest BCUT2D eigenvalue weighted by molar-refractivity contribution is 8.02. The molecule has 0 unspecified atom stereocenters.